The fourth-order valence-corrected chi connectivity index (χ4v) is 4.05. The van der Waals surface area contributed by atoms with Gasteiger partial charge < -0.3 is 0 Å². The van der Waals surface area contributed by atoms with E-state index in [9.17, 15) is 14.0 Å². The molecule has 0 unspecified atom stereocenters. The second-order valence-corrected chi connectivity index (χ2v) is 8.23. The first-order valence-electron chi connectivity index (χ1n) is 9.05. The summed E-state index contributed by atoms with van der Waals surface area (Å²) >= 11 is 2.22. The molecule has 0 aliphatic heterocycles. The molecule has 4 rings (SSSR count). The lowest BCUT2D eigenvalue weighted by atomic mass is 10.1. The number of fused-ring (bicyclic) bond motifs is 1. The number of hydrogen-bond donors (Lipinski definition) is 1. The molecule has 0 saturated heterocycles. The Kier molecular flexibility index (Phi) is 6.14. The monoisotopic (exact) mass is 454 g/mol. The minimum Gasteiger partial charge on any atom is -0.297 e. The van der Waals surface area contributed by atoms with Gasteiger partial charge in [-0.3, -0.25) is 19.5 Å². The number of aromatic nitrogens is 5. The lowest BCUT2D eigenvalue weighted by Gasteiger charge is -2.13. The van der Waals surface area contributed by atoms with Crippen LogP contribution in [0.2, 0.25) is 0 Å². The molecule has 1 N–H and O–H groups in total. The lowest BCUT2D eigenvalue weighted by Crippen LogP contribution is -2.26. The quantitative estimate of drug-likeness (QED) is 0.260. The van der Waals surface area contributed by atoms with Gasteiger partial charge >= 0.3 is 0 Å². The molecule has 1 aromatic carbocycles. The largest absolute Gasteiger partial charge is 0.297 e. The summed E-state index contributed by atoms with van der Waals surface area (Å²) in [5.41, 5.74) is 0.613. The molecule has 8 nitrogen and oxygen atoms in total. The first-order chi connectivity index (χ1) is 15.0. The van der Waals surface area contributed by atoms with E-state index in [-0.39, 0.29) is 33.6 Å². The second-order valence-electron chi connectivity index (χ2n) is 6.28. The third kappa shape index (κ3) is 4.84. The number of carbonyl (C=O) groups is 1. The summed E-state index contributed by atoms with van der Waals surface area (Å²) in [5.74, 6) is -0.806. The normalized spacial score (nSPS) is 10.9. The Hall–Kier alpha value is -3.44. The third-order valence-electron chi connectivity index (χ3n) is 4.19. The van der Waals surface area contributed by atoms with Gasteiger partial charge in [-0.15, -0.1) is 11.3 Å². The number of thioether (sulfide) groups is 1. The number of thiazole rings is 1. The van der Waals surface area contributed by atoms with E-state index < -0.39 is 11.5 Å². The molecule has 11 heteroatoms. The smallest absolute Gasteiger partial charge is 0.282 e. The van der Waals surface area contributed by atoms with Crippen LogP contribution < -0.4 is 10.9 Å². The highest BCUT2D eigenvalue weighted by Gasteiger charge is 2.18. The van der Waals surface area contributed by atoms with Gasteiger partial charge in [0.1, 0.15) is 5.82 Å². The zero-order chi connectivity index (χ0) is 21.8. The number of carbonyl (C=O) groups excluding carboxylic acids is 1. The maximum Gasteiger partial charge on any atom is 0.282 e. The maximum absolute atomic E-state index is 13.5. The molecule has 31 heavy (non-hydrogen) atoms. The van der Waals surface area contributed by atoms with Crippen LogP contribution in [0.1, 0.15) is 5.56 Å². The third-order valence-corrected chi connectivity index (χ3v) is 5.81. The fraction of sp³-hybridized carbons (Fsp3) is 0.100. The van der Waals surface area contributed by atoms with Gasteiger partial charge in [-0.25, -0.2) is 24.3 Å². The summed E-state index contributed by atoms with van der Waals surface area (Å²) in [4.78, 5) is 42.2. The van der Waals surface area contributed by atoms with E-state index in [1.807, 2.05) is 0 Å². The molecular formula is C20H15FN6O2S2. The second kappa shape index (κ2) is 9.14. The van der Waals surface area contributed by atoms with E-state index in [4.69, 9.17) is 0 Å². The maximum atomic E-state index is 13.5. The number of nitrogens with one attached hydrogen (secondary N) is 1. The van der Waals surface area contributed by atoms with Gasteiger partial charge in [0, 0.05) is 30.5 Å². The SMILES string of the molecule is C=C(Sc1nc2nccnc2c(=O)n1CCc1cccc(F)c1)C(=O)Nc1nccs1. The van der Waals surface area contributed by atoms with Crippen molar-refractivity contribution in [2.75, 3.05) is 5.32 Å². The summed E-state index contributed by atoms with van der Waals surface area (Å²) in [6.07, 6.45) is 4.81. The number of anilines is 1. The first kappa shape index (κ1) is 20.8. The van der Waals surface area contributed by atoms with Gasteiger partial charge in [-0.2, -0.15) is 0 Å². The Bertz CT molecular complexity index is 1320. The molecule has 0 saturated carbocycles. The molecule has 0 bridgehead atoms. The van der Waals surface area contributed by atoms with E-state index in [2.05, 4.69) is 31.8 Å². The number of amides is 1. The predicted molar refractivity (Wildman–Crippen MR) is 117 cm³/mol. The molecule has 4 aromatic rings. The van der Waals surface area contributed by atoms with E-state index in [1.165, 1.54) is 40.4 Å². The summed E-state index contributed by atoms with van der Waals surface area (Å²) in [7, 11) is 0. The number of benzene rings is 1. The topological polar surface area (TPSA) is 103 Å². The molecule has 0 fully saturated rings. The van der Waals surface area contributed by atoms with Crippen LogP contribution >= 0.6 is 23.1 Å². The van der Waals surface area contributed by atoms with Gasteiger partial charge in [0.05, 0.1) is 4.91 Å². The number of halogens is 1. The minimum atomic E-state index is -0.454. The Morgan fingerprint density at radius 2 is 2.06 bits per heavy atom. The molecule has 0 spiro atoms. The van der Waals surface area contributed by atoms with E-state index in [0.717, 1.165) is 17.3 Å². The average molecular weight is 455 g/mol. The molecule has 0 radical (unpaired) electrons. The van der Waals surface area contributed by atoms with Crippen molar-refractivity contribution in [1.29, 1.82) is 0 Å². The van der Waals surface area contributed by atoms with Crippen molar-refractivity contribution < 1.29 is 9.18 Å². The van der Waals surface area contributed by atoms with Crippen molar-refractivity contribution >= 4 is 45.3 Å². The van der Waals surface area contributed by atoms with E-state index in [0.29, 0.717) is 11.6 Å². The summed E-state index contributed by atoms with van der Waals surface area (Å²) < 4.78 is 14.9. The Morgan fingerprint density at radius 1 is 1.23 bits per heavy atom. The highest BCUT2D eigenvalue weighted by molar-refractivity contribution is 8.03. The van der Waals surface area contributed by atoms with Gasteiger partial charge in [0.2, 0.25) is 0 Å². The van der Waals surface area contributed by atoms with Gasteiger partial charge in [0.25, 0.3) is 11.5 Å². The molecule has 0 aliphatic carbocycles. The van der Waals surface area contributed by atoms with Crippen molar-refractivity contribution in [1.82, 2.24) is 24.5 Å². The standard InChI is InChI=1S/C20H15FN6O2S2/c1-12(17(28)26-19-24-8-10-30-19)31-20-25-16-15(22-6-7-23-16)18(29)27(20)9-5-13-3-2-4-14(21)11-13/h2-4,6-8,10-11H,1,5,9H2,(H,24,26,28). The lowest BCUT2D eigenvalue weighted by molar-refractivity contribution is -0.112. The van der Waals surface area contributed by atoms with E-state index >= 15 is 0 Å². The zero-order valence-corrected chi connectivity index (χ0v) is 17.6. The van der Waals surface area contributed by atoms with Crippen LogP contribution in [-0.4, -0.2) is 30.4 Å². The molecule has 1 amide bonds. The summed E-state index contributed by atoms with van der Waals surface area (Å²) in [5, 5.41) is 5.06. The van der Waals surface area contributed by atoms with Crippen LogP contribution in [0, 0.1) is 5.82 Å². The van der Waals surface area contributed by atoms with Gasteiger partial charge in [-0.05, 0) is 35.9 Å². The van der Waals surface area contributed by atoms with E-state index in [1.54, 1.807) is 23.7 Å². The number of rotatable bonds is 7. The van der Waals surface area contributed by atoms with Gasteiger partial charge in [0.15, 0.2) is 21.5 Å². The van der Waals surface area contributed by atoms with Crippen molar-refractivity contribution in [3.05, 3.63) is 81.5 Å². The Labute approximate surface area is 183 Å². The highest BCUT2D eigenvalue weighted by atomic mass is 32.2. The van der Waals surface area contributed by atoms with Crippen LogP contribution in [0.3, 0.4) is 0 Å². The predicted octanol–water partition coefficient (Wildman–Crippen LogP) is 3.27. The van der Waals surface area contributed by atoms with Crippen molar-refractivity contribution in [3.63, 3.8) is 0 Å². The first-order valence-corrected chi connectivity index (χ1v) is 10.7. The molecule has 0 aliphatic rings. The zero-order valence-electron chi connectivity index (χ0n) is 16.0. The summed E-state index contributed by atoms with van der Waals surface area (Å²) in [6, 6.07) is 6.15. The minimum absolute atomic E-state index is 0.115. The van der Waals surface area contributed by atoms with Gasteiger partial charge in [-0.1, -0.05) is 18.7 Å². The Balaban J connectivity index is 1.64. The number of nitrogens with zero attached hydrogens (tertiary/aromatic N) is 5. The average Bonchev–Trinajstić information content (AvgIpc) is 3.26. The van der Waals surface area contributed by atoms with Crippen LogP contribution in [0.25, 0.3) is 11.2 Å². The molecule has 3 aromatic heterocycles. The molecular weight excluding hydrogens is 439 g/mol. The summed E-state index contributed by atoms with van der Waals surface area (Å²) in [6.45, 7) is 4.01. The molecule has 156 valence electrons. The van der Waals surface area contributed by atoms with Crippen LogP contribution in [-0.2, 0) is 17.8 Å². The molecule has 3 heterocycles. The Morgan fingerprint density at radius 3 is 2.84 bits per heavy atom. The van der Waals surface area contributed by atoms with Crippen LogP contribution in [0.4, 0.5) is 9.52 Å². The number of hydrogen-bond acceptors (Lipinski definition) is 8. The highest BCUT2D eigenvalue weighted by Crippen LogP contribution is 2.25. The van der Waals surface area contributed by atoms with Crippen molar-refractivity contribution in [2.24, 2.45) is 0 Å². The fourth-order valence-electron chi connectivity index (χ4n) is 2.75. The number of aryl methyl sites for hydroxylation is 1. The van der Waals surface area contributed by atoms with Crippen LogP contribution in [0.5, 0.6) is 0 Å². The van der Waals surface area contributed by atoms with Crippen molar-refractivity contribution in [3.8, 4) is 0 Å². The molecule has 0 atom stereocenters. The van der Waals surface area contributed by atoms with Crippen molar-refractivity contribution in [2.45, 2.75) is 18.1 Å². The van der Waals surface area contributed by atoms with Crippen LogP contribution in [0.15, 0.2) is 69.7 Å².